The van der Waals surface area contributed by atoms with Gasteiger partial charge in [-0.25, -0.2) is 22.8 Å². The van der Waals surface area contributed by atoms with Crippen molar-refractivity contribution in [3.8, 4) is 0 Å². The number of carboxylic acid groups (broad SMARTS) is 1. The summed E-state index contributed by atoms with van der Waals surface area (Å²) in [6.45, 7) is 4.65. The van der Waals surface area contributed by atoms with Crippen LogP contribution in [0.3, 0.4) is 0 Å². The summed E-state index contributed by atoms with van der Waals surface area (Å²) >= 11 is 2.92. The van der Waals surface area contributed by atoms with Gasteiger partial charge in [0, 0.05) is 6.42 Å². The van der Waals surface area contributed by atoms with Crippen molar-refractivity contribution in [1.29, 1.82) is 0 Å². The summed E-state index contributed by atoms with van der Waals surface area (Å²) in [4.78, 5) is 23.5. The van der Waals surface area contributed by atoms with E-state index in [0.29, 0.717) is 0 Å². The second-order valence-electron chi connectivity index (χ2n) is 6.90. The first-order chi connectivity index (χ1) is 11.3. The molecule has 0 saturated heterocycles. The van der Waals surface area contributed by atoms with Gasteiger partial charge in [0.25, 0.3) is 5.92 Å². The minimum absolute atomic E-state index is 0.0577. The first-order valence-electron chi connectivity index (χ1n) is 7.36. The number of halogens is 4. The maximum Gasteiger partial charge on any atom is 0.408 e. The van der Waals surface area contributed by atoms with Gasteiger partial charge in [-0.3, -0.25) is 0 Å². The first kappa shape index (κ1) is 19.6. The zero-order valence-electron chi connectivity index (χ0n) is 13.7. The predicted molar refractivity (Wildman–Crippen MR) is 86.1 cm³/mol. The van der Waals surface area contributed by atoms with Gasteiger partial charge >= 0.3 is 12.1 Å². The van der Waals surface area contributed by atoms with Crippen molar-refractivity contribution in [3.63, 3.8) is 0 Å². The molecule has 0 aromatic heterocycles. The Hall–Kier alpha value is -1.77. The Morgan fingerprint density at radius 1 is 1.36 bits per heavy atom. The van der Waals surface area contributed by atoms with Crippen LogP contribution in [0.2, 0.25) is 0 Å². The van der Waals surface area contributed by atoms with Gasteiger partial charge in [0.1, 0.15) is 17.5 Å². The summed E-state index contributed by atoms with van der Waals surface area (Å²) in [5.74, 6) is -5.88. The van der Waals surface area contributed by atoms with Crippen LogP contribution in [0.4, 0.5) is 18.0 Å². The number of hydrogen-bond acceptors (Lipinski definition) is 3. The quantitative estimate of drug-likeness (QED) is 0.771. The Bertz CT molecular complexity index is 720. The zero-order valence-corrected chi connectivity index (χ0v) is 15.3. The molecular formula is C16H17BrF3NO4. The molecule has 0 aliphatic heterocycles. The van der Waals surface area contributed by atoms with Gasteiger partial charge in [-0.2, -0.15) is 0 Å². The molecule has 1 amide bonds. The van der Waals surface area contributed by atoms with Gasteiger partial charge in [-0.05, 0) is 54.4 Å². The molecule has 1 aromatic carbocycles. The number of rotatable bonds is 4. The van der Waals surface area contributed by atoms with Crippen LogP contribution >= 0.6 is 15.9 Å². The topological polar surface area (TPSA) is 75.6 Å². The highest BCUT2D eigenvalue weighted by Gasteiger charge is 2.77. The Kier molecular flexibility index (Phi) is 4.84. The normalized spacial score (nSPS) is 22.8. The monoisotopic (exact) mass is 423 g/mol. The third kappa shape index (κ3) is 3.75. The largest absolute Gasteiger partial charge is 0.480 e. The maximum absolute atomic E-state index is 14.2. The lowest BCUT2D eigenvalue weighted by Crippen LogP contribution is -2.52. The molecule has 138 valence electrons. The smallest absolute Gasteiger partial charge is 0.408 e. The van der Waals surface area contributed by atoms with Gasteiger partial charge in [0.05, 0.1) is 9.89 Å². The molecule has 1 aliphatic rings. The summed E-state index contributed by atoms with van der Waals surface area (Å²) < 4.78 is 47.2. The zero-order chi connectivity index (χ0) is 19.2. The second-order valence-corrected chi connectivity index (χ2v) is 7.75. The van der Waals surface area contributed by atoms with Crippen LogP contribution in [0, 0.1) is 5.82 Å². The molecule has 0 heterocycles. The molecule has 5 nitrogen and oxygen atoms in total. The van der Waals surface area contributed by atoms with Gasteiger partial charge in [-0.1, -0.05) is 6.07 Å². The highest BCUT2D eigenvalue weighted by Crippen LogP contribution is 2.63. The number of alkyl carbamates (subject to hydrolysis) is 1. The standard InChI is InChI=1S/C16H17BrF3NO4/c1-14(2,3)25-13(24)21-11(12(22)23)15(7-16(15,19)20)8-4-5-9(17)10(18)6-8/h4-6,11H,7H2,1-3H3,(H,21,24)(H,22,23)/t11-,15+/m0/s1. The van der Waals surface area contributed by atoms with E-state index in [-0.39, 0.29) is 10.0 Å². The number of alkyl halides is 2. The van der Waals surface area contributed by atoms with Crippen molar-refractivity contribution >= 4 is 28.0 Å². The number of benzene rings is 1. The number of carbonyl (C=O) groups excluding carboxylic acids is 1. The second kappa shape index (κ2) is 6.19. The molecule has 1 aromatic rings. The molecule has 0 radical (unpaired) electrons. The third-order valence-electron chi connectivity index (χ3n) is 3.86. The number of ether oxygens (including phenoxy) is 1. The van der Waals surface area contributed by atoms with Crippen molar-refractivity contribution in [2.24, 2.45) is 0 Å². The van der Waals surface area contributed by atoms with Crippen molar-refractivity contribution in [2.45, 2.75) is 50.2 Å². The molecule has 1 saturated carbocycles. The van der Waals surface area contributed by atoms with Crippen LogP contribution in [0.1, 0.15) is 32.8 Å². The van der Waals surface area contributed by atoms with Gasteiger partial charge in [-0.15, -0.1) is 0 Å². The number of nitrogens with one attached hydrogen (secondary N) is 1. The highest BCUT2D eigenvalue weighted by atomic mass is 79.9. The van der Waals surface area contributed by atoms with Crippen molar-refractivity contribution in [1.82, 2.24) is 5.32 Å². The summed E-state index contributed by atoms with van der Waals surface area (Å²) in [7, 11) is 0. The van der Waals surface area contributed by atoms with E-state index in [1.54, 1.807) is 20.8 Å². The summed E-state index contributed by atoms with van der Waals surface area (Å²) in [6, 6.07) is 1.30. The predicted octanol–water partition coefficient (Wildman–Crippen LogP) is 3.84. The molecule has 0 bridgehead atoms. The molecule has 1 aliphatic carbocycles. The first-order valence-corrected chi connectivity index (χ1v) is 8.15. The van der Waals surface area contributed by atoms with Crippen LogP contribution in [0.5, 0.6) is 0 Å². The van der Waals surface area contributed by atoms with E-state index in [4.69, 9.17) is 4.74 Å². The van der Waals surface area contributed by atoms with Gasteiger partial charge < -0.3 is 15.2 Å². The van der Waals surface area contributed by atoms with E-state index in [2.05, 4.69) is 15.9 Å². The highest BCUT2D eigenvalue weighted by molar-refractivity contribution is 9.10. The van der Waals surface area contributed by atoms with E-state index in [1.807, 2.05) is 5.32 Å². The molecule has 2 atom stereocenters. The van der Waals surface area contributed by atoms with E-state index in [9.17, 15) is 27.9 Å². The van der Waals surface area contributed by atoms with E-state index >= 15 is 0 Å². The van der Waals surface area contributed by atoms with Crippen molar-refractivity contribution < 1.29 is 32.6 Å². The van der Waals surface area contributed by atoms with Crippen molar-refractivity contribution in [2.75, 3.05) is 0 Å². The van der Waals surface area contributed by atoms with E-state index in [0.717, 1.165) is 6.07 Å². The average Bonchev–Trinajstić information content (AvgIpc) is 3.00. The molecule has 1 fully saturated rings. The number of hydrogen-bond donors (Lipinski definition) is 2. The van der Waals surface area contributed by atoms with E-state index in [1.165, 1.54) is 12.1 Å². The molecule has 0 spiro atoms. The Labute approximate surface area is 150 Å². The lowest BCUT2D eigenvalue weighted by molar-refractivity contribution is -0.141. The molecular weight excluding hydrogens is 407 g/mol. The Morgan fingerprint density at radius 3 is 2.32 bits per heavy atom. The Balaban J connectivity index is 2.40. The summed E-state index contributed by atoms with van der Waals surface area (Å²) in [5, 5.41) is 11.4. The van der Waals surface area contributed by atoms with Crippen LogP contribution < -0.4 is 5.32 Å². The summed E-state index contributed by atoms with van der Waals surface area (Å²) in [5.41, 5.74) is -3.38. The number of aliphatic carboxylic acids is 1. The maximum atomic E-state index is 14.2. The number of amides is 1. The minimum Gasteiger partial charge on any atom is -0.480 e. The van der Waals surface area contributed by atoms with Crippen molar-refractivity contribution in [3.05, 3.63) is 34.1 Å². The lowest BCUT2D eigenvalue weighted by Gasteiger charge is -2.27. The minimum atomic E-state index is -3.41. The lowest BCUT2D eigenvalue weighted by atomic mass is 9.87. The number of carboxylic acids is 1. The number of carbonyl (C=O) groups is 2. The molecule has 25 heavy (non-hydrogen) atoms. The van der Waals surface area contributed by atoms with Crippen LogP contribution in [0.15, 0.2) is 22.7 Å². The van der Waals surface area contributed by atoms with Gasteiger partial charge in [0.2, 0.25) is 0 Å². The summed E-state index contributed by atoms with van der Waals surface area (Å²) in [6.07, 6.45) is -1.96. The SMILES string of the molecule is CC(C)(C)OC(=O)N[C@@H](C(=O)O)[C@]1(c2ccc(Br)c(F)c2)CC1(F)F. The molecule has 2 rings (SSSR count). The van der Waals surface area contributed by atoms with Crippen LogP contribution in [-0.4, -0.2) is 34.7 Å². The molecule has 9 heteroatoms. The van der Waals surface area contributed by atoms with Crippen LogP contribution in [0.25, 0.3) is 0 Å². The third-order valence-corrected chi connectivity index (χ3v) is 4.51. The fraction of sp³-hybridized carbons (Fsp3) is 0.500. The van der Waals surface area contributed by atoms with E-state index < -0.39 is 47.3 Å². The molecule has 2 N–H and O–H groups in total. The Morgan fingerprint density at radius 2 is 1.92 bits per heavy atom. The fourth-order valence-electron chi connectivity index (χ4n) is 2.69. The fourth-order valence-corrected chi connectivity index (χ4v) is 2.94. The molecule has 0 unspecified atom stereocenters. The van der Waals surface area contributed by atoms with Crippen LogP contribution in [-0.2, 0) is 14.9 Å². The van der Waals surface area contributed by atoms with Gasteiger partial charge in [0.15, 0.2) is 0 Å². The average molecular weight is 424 g/mol.